The van der Waals surface area contributed by atoms with Crippen LogP contribution in [-0.4, -0.2) is 25.0 Å². The van der Waals surface area contributed by atoms with Gasteiger partial charge in [-0.2, -0.15) is 0 Å². The monoisotopic (exact) mass is 418 g/mol. The van der Waals surface area contributed by atoms with Crippen LogP contribution < -0.4 is 20.5 Å². The van der Waals surface area contributed by atoms with E-state index in [9.17, 15) is 9.59 Å². The quantitative estimate of drug-likeness (QED) is 0.517. The molecule has 6 heteroatoms. The zero-order valence-electron chi connectivity index (χ0n) is 17.7. The van der Waals surface area contributed by atoms with Gasteiger partial charge < -0.3 is 20.5 Å². The standard InChI is InChI=1S/C25H26N2O4/c1-17-7-5-8-18(2)23(17)30-14-13-27-25(29)20-10-6-9-19(15-20)16-31-22-12-4-3-11-21(22)24(26)28/h3-12,15H,13-14,16H2,1-2H3,(H2,26,28)(H,27,29). The molecule has 0 unspecified atom stereocenters. The Hall–Kier alpha value is -3.80. The summed E-state index contributed by atoms with van der Waals surface area (Å²) < 4.78 is 11.6. The van der Waals surface area contributed by atoms with Crippen LogP contribution in [0.1, 0.15) is 37.4 Å². The van der Waals surface area contributed by atoms with Crippen LogP contribution in [0.5, 0.6) is 11.5 Å². The van der Waals surface area contributed by atoms with Crippen LogP contribution in [0.3, 0.4) is 0 Å². The molecule has 0 saturated heterocycles. The van der Waals surface area contributed by atoms with Gasteiger partial charge in [-0.15, -0.1) is 0 Å². The molecular weight excluding hydrogens is 392 g/mol. The van der Waals surface area contributed by atoms with Gasteiger partial charge in [0, 0.05) is 5.56 Å². The summed E-state index contributed by atoms with van der Waals surface area (Å²) in [6.45, 7) is 4.97. The maximum Gasteiger partial charge on any atom is 0.252 e. The Labute approximate surface area is 182 Å². The number of aryl methyl sites for hydroxylation is 2. The molecule has 3 aromatic carbocycles. The topological polar surface area (TPSA) is 90.7 Å². The molecule has 0 aliphatic carbocycles. The summed E-state index contributed by atoms with van der Waals surface area (Å²) in [6, 6.07) is 19.9. The van der Waals surface area contributed by atoms with Gasteiger partial charge >= 0.3 is 0 Å². The van der Waals surface area contributed by atoms with Gasteiger partial charge in [-0.3, -0.25) is 9.59 Å². The SMILES string of the molecule is Cc1cccc(C)c1OCCNC(=O)c1cccc(COc2ccccc2C(N)=O)c1. The second-order valence-corrected chi connectivity index (χ2v) is 7.17. The Morgan fingerprint density at radius 3 is 2.35 bits per heavy atom. The first-order chi connectivity index (χ1) is 15.0. The molecule has 0 fully saturated rings. The van der Waals surface area contributed by atoms with Crippen LogP contribution in [-0.2, 0) is 6.61 Å². The minimum atomic E-state index is -0.549. The number of hydrogen-bond acceptors (Lipinski definition) is 4. The van der Waals surface area contributed by atoms with E-state index in [2.05, 4.69) is 5.32 Å². The number of benzene rings is 3. The van der Waals surface area contributed by atoms with Crippen molar-refractivity contribution in [1.29, 1.82) is 0 Å². The highest BCUT2D eigenvalue weighted by atomic mass is 16.5. The van der Waals surface area contributed by atoms with Gasteiger partial charge in [-0.1, -0.05) is 42.5 Å². The number of para-hydroxylation sites is 2. The van der Waals surface area contributed by atoms with E-state index in [1.807, 2.05) is 38.1 Å². The third-order valence-electron chi connectivity index (χ3n) is 4.78. The van der Waals surface area contributed by atoms with Crippen molar-refractivity contribution >= 4 is 11.8 Å². The number of ether oxygens (including phenoxy) is 2. The Kier molecular flexibility index (Phi) is 7.27. The molecule has 3 aromatic rings. The van der Waals surface area contributed by atoms with Crippen LogP contribution in [0.15, 0.2) is 66.7 Å². The first kappa shape index (κ1) is 21.9. The summed E-state index contributed by atoms with van der Waals surface area (Å²) in [7, 11) is 0. The summed E-state index contributed by atoms with van der Waals surface area (Å²) in [5.74, 6) is 0.525. The van der Waals surface area contributed by atoms with E-state index in [1.165, 1.54) is 0 Å². The Morgan fingerprint density at radius 2 is 1.61 bits per heavy atom. The lowest BCUT2D eigenvalue weighted by atomic mass is 10.1. The third-order valence-corrected chi connectivity index (χ3v) is 4.78. The zero-order chi connectivity index (χ0) is 22.2. The van der Waals surface area contributed by atoms with E-state index in [0.717, 1.165) is 22.4 Å². The molecule has 0 aromatic heterocycles. The molecule has 0 radical (unpaired) electrons. The zero-order valence-corrected chi connectivity index (χ0v) is 17.7. The van der Waals surface area contributed by atoms with E-state index >= 15 is 0 Å². The second kappa shape index (κ2) is 10.3. The minimum Gasteiger partial charge on any atom is -0.491 e. The fourth-order valence-corrected chi connectivity index (χ4v) is 3.21. The molecule has 160 valence electrons. The molecule has 6 nitrogen and oxygen atoms in total. The number of nitrogens with two attached hydrogens (primary N) is 1. The van der Waals surface area contributed by atoms with Gasteiger partial charge in [-0.05, 0) is 54.8 Å². The van der Waals surface area contributed by atoms with Crippen molar-refractivity contribution in [3.8, 4) is 11.5 Å². The lowest BCUT2D eigenvalue weighted by Gasteiger charge is -2.13. The molecule has 2 amide bonds. The molecule has 3 N–H and O–H groups in total. The smallest absolute Gasteiger partial charge is 0.252 e. The average Bonchev–Trinajstić information content (AvgIpc) is 2.77. The van der Waals surface area contributed by atoms with Crippen molar-refractivity contribution in [3.63, 3.8) is 0 Å². The van der Waals surface area contributed by atoms with E-state index in [1.54, 1.807) is 42.5 Å². The molecular formula is C25H26N2O4. The highest BCUT2D eigenvalue weighted by molar-refractivity contribution is 5.95. The van der Waals surface area contributed by atoms with Crippen molar-refractivity contribution in [1.82, 2.24) is 5.32 Å². The van der Waals surface area contributed by atoms with E-state index < -0.39 is 5.91 Å². The number of carbonyl (C=O) groups excluding carboxylic acids is 2. The Balaban J connectivity index is 1.54. The number of rotatable bonds is 9. The van der Waals surface area contributed by atoms with Crippen LogP contribution in [0.25, 0.3) is 0 Å². The average molecular weight is 418 g/mol. The van der Waals surface area contributed by atoms with Gasteiger partial charge in [-0.25, -0.2) is 0 Å². The van der Waals surface area contributed by atoms with Crippen molar-refractivity contribution in [3.05, 3.63) is 94.5 Å². The second-order valence-electron chi connectivity index (χ2n) is 7.17. The van der Waals surface area contributed by atoms with E-state index in [4.69, 9.17) is 15.2 Å². The highest BCUT2D eigenvalue weighted by Gasteiger charge is 2.10. The fourth-order valence-electron chi connectivity index (χ4n) is 3.21. The molecule has 0 aliphatic rings. The largest absolute Gasteiger partial charge is 0.491 e. The summed E-state index contributed by atoms with van der Waals surface area (Å²) in [4.78, 5) is 24.0. The molecule has 3 rings (SSSR count). The molecule has 0 saturated carbocycles. The van der Waals surface area contributed by atoms with Gasteiger partial charge in [0.05, 0.1) is 12.1 Å². The number of primary amides is 1. The van der Waals surface area contributed by atoms with Gasteiger partial charge in [0.1, 0.15) is 24.7 Å². The van der Waals surface area contributed by atoms with E-state index in [0.29, 0.717) is 30.0 Å². The number of nitrogens with one attached hydrogen (secondary N) is 1. The van der Waals surface area contributed by atoms with Gasteiger partial charge in [0.15, 0.2) is 0 Å². The maximum absolute atomic E-state index is 12.5. The maximum atomic E-state index is 12.5. The molecule has 0 bridgehead atoms. The van der Waals surface area contributed by atoms with Crippen LogP contribution in [0.2, 0.25) is 0 Å². The van der Waals surface area contributed by atoms with Gasteiger partial charge in [0.2, 0.25) is 0 Å². The first-order valence-electron chi connectivity index (χ1n) is 10.0. The lowest BCUT2D eigenvalue weighted by Crippen LogP contribution is -2.28. The van der Waals surface area contributed by atoms with Gasteiger partial charge in [0.25, 0.3) is 11.8 Å². The predicted octanol–water partition coefficient (Wildman–Crippen LogP) is 3.79. The minimum absolute atomic E-state index is 0.190. The Morgan fingerprint density at radius 1 is 0.903 bits per heavy atom. The molecule has 0 spiro atoms. The van der Waals surface area contributed by atoms with Crippen molar-refractivity contribution < 1.29 is 19.1 Å². The summed E-state index contributed by atoms with van der Waals surface area (Å²) in [6.07, 6.45) is 0. The van der Waals surface area contributed by atoms with Crippen LogP contribution >= 0.6 is 0 Å². The summed E-state index contributed by atoms with van der Waals surface area (Å²) in [5.41, 5.74) is 9.16. The third kappa shape index (κ3) is 5.85. The van der Waals surface area contributed by atoms with Crippen molar-refractivity contribution in [2.24, 2.45) is 5.73 Å². The van der Waals surface area contributed by atoms with Crippen LogP contribution in [0, 0.1) is 13.8 Å². The number of amides is 2. The summed E-state index contributed by atoms with van der Waals surface area (Å²) >= 11 is 0. The molecule has 0 heterocycles. The normalized spacial score (nSPS) is 10.4. The fraction of sp³-hybridized carbons (Fsp3) is 0.200. The predicted molar refractivity (Wildman–Crippen MR) is 119 cm³/mol. The number of carbonyl (C=O) groups is 2. The number of hydrogen-bond donors (Lipinski definition) is 2. The highest BCUT2D eigenvalue weighted by Crippen LogP contribution is 2.22. The molecule has 0 aliphatic heterocycles. The van der Waals surface area contributed by atoms with Crippen LogP contribution in [0.4, 0.5) is 0 Å². The van der Waals surface area contributed by atoms with Crippen molar-refractivity contribution in [2.75, 3.05) is 13.2 Å². The Bertz CT molecular complexity index is 1060. The molecule has 31 heavy (non-hydrogen) atoms. The first-order valence-corrected chi connectivity index (χ1v) is 10.0. The molecule has 0 atom stereocenters. The van der Waals surface area contributed by atoms with E-state index in [-0.39, 0.29) is 12.5 Å². The lowest BCUT2D eigenvalue weighted by molar-refractivity contribution is 0.0945. The summed E-state index contributed by atoms with van der Waals surface area (Å²) in [5, 5.41) is 2.87. The van der Waals surface area contributed by atoms with Crippen molar-refractivity contribution in [2.45, 2.75) is 20.5 Å².